The van der Waals surface area contributed by atoms with Gasteiger partial charge in [0.25, 0.3) is 5.91 Å². The molecule has 0 radical (unpaired) electrons. The van der Waals surface area contributed by atoms with Crippen LogP contribution < -0.4 is 5.32 Å². The normalized spacial score (nSPS) is 23.5. The van der Waals surface area contributed by atoms with Gasteiger partial charge in [0.2, 0.25) is 0 Å². The van der Waals surface area contributed by atoms with Gasteiger partial charge in [-0.05, 0) is 24.4 Å². The number of carboxylic acids is 1. The van der Waals surface area contributed by atoms with E-state index < -0.39 is 12.1 Å². The predicted molar refractivity (Wildman–Crippen MR) is 57.8 cm³/mol. The number of hydrogen-bond acceptors (Lipinski definition) is 6. The quantitative estimate of drug-likeness (QED) is 0.781. The Balaban J connectivity index is 1.76. The topological polar surface area (TPSA) is 101 Å². The van der Waals surface area contributed by atoms with E-state index in [-0.39, 0.29) is 12.0 Å². The van der Waals surface area contributed by atoms with Crippen LogP contribution in [0.25, 0.3) is 0 Å². The minimum atomic E-state index is -0.953. The van der Waals surface area contributed by atoms with Crippen molar-refractivity contribution in [3.63, 3.8) is 0 Å². The molecule has 2 unspecified atom stereocenters. The van der Waals surface area contributed by atoms with E-state index in [4.69, 9.17) is 9.84 Å². The first kappa shape index (κ1) is 11.9. The molecule has 1 aliphatic rings. The number of nitrogens with zero attached hydrogens (tertiary/aromatic N) is 2. The Morgan fingerprint density at radius 1 is 1.59 bits per heavy atom. The lowest BCUT2D eigenvalue weighted by Crippen LogP contribution is -2.32. The van der Waals surface area contributed by atoms with Gasteiger partial charge in [0, 0.05) is 6.54 Å². The molecular weight excluding hydrogens is 246 g/mol. The highest BCUT2D eigenvalue weighted by Crippen LogP contribution is 2.19. The lowest BCUT2D eigenvalue weighted by Gasteiger charge is -2.11. The lowest BCUT2D eigenvalue weighted by atomic mass is 10.2. The minimum absolute atomic E-state index is 0.235. The van der Waals surface area contributed by atoms with Crippen molar-refractivity contribution in [1.29, 1.82) is 0 Å². The summed E-state index contributed by atoms with van der Waals surface area (Å²) in [5, 5.41) is 14.9. The number of hydrogen-bond donors (Lipinski definition) is 2. The highest BCUT2D eigenvalue weighted by atomic mass is 32.1. The maximum atomic E-state index is 11.5. The Labute approximate surface area is 101 Å². The fourth-order valence-electron chi connectivity index (χ4n) is 1.60. The van der Waals surface area contributed by atoms with Crippen LogP contribution in [0.5, 0.6) is 0 Å². The van der Waals surface area contributed by atoms with E-state index in [1.807, 2.05) is 0 Å². The first-order chi connectivity index (χ1) is 8.16. The third-order valence-electron chi connectivity index (χ3n) is 2.46. The Morgan fingerprint density at radius 2 is 2.41 bits per heavy atom. The Morgan fingerprint density at radius 3 is 3.00 bits per heavy atom. The van der Waals surface area contributed by atoms with Crippen LogP contribution in [0.4, 0.5) is 0 Å². The maximum Gasteiger partial charge on any atom is 0.332 e. The molecule has 1 amide bonds. The highest BCUT2D eigenvalue weighted by molar-refractivity contribution is 7.07. The molecule has 0 bridgehead atoms. The fraction of sp³-hybridized carbons (Fsp3) is 0.556. The minimum Gasteiger partial charge on any atom is -0.479 e. The number of aliphatic carboxylic acids is 1. The summed E-state index contributed by atoms with van der Waals surface area (Å²) in [6.07, 6.45) is 1.52. The zero-order valence-corrected chi connectivity index (χ0v) is 9.64. The van der Waals surface area contributed by atoms with E-state index in [0.29, 0.717) is 24.3 Å². The summed E-state index contributed by atoms with van der Waals surface area (Å²) in [7, 11) is 0. The first-order valence-electron chi connectivity index (χ1n) is 5.10. The molecule has 0 aliphatic carbocycles. The number of carboxylic acid groups (broad SMARTS) is 1. The van der Waals surface area contributed by atoms with Crippen molar-refractivity contribution in [2.75, 3.05) is 6.54 Å². The molecule has 0 saturated carbocycles. The van der Waals surface area contributed by atoms with Gasteiger partial charge in [-0.15, -0.1) is 5.10 Å². The number of carbonyl (C=O) groups is 2. The van der Waals surface area contributed by atoms with Gasteiger partial charge in [-0.25, -0.2) is 4.79 Å². The van der Waals surface area contributed by atoms with E-state index in [1.54, 1.807) is 0 Å². The third kappa shape index (κ3) is 2.98. The van der Waals surface area contributed by atoms with Crippen LogP contribution >= 0.6 is 11.5 Å². The molecule has 0 aromatic carbocycles. The molecule has 2 atom stereocenters. The van der Waals surface area contributed by atoms with Crippen LogP contribution in [-0.2, 0) is 9.53 Å². The van der Waals surface area contributed by atoms with Crippen LogP contribution in [0.3, 0.4) is 0 Å². The summed E-state index contributed by atoms with van der Waals surface area (Å²) in [5.41, 5.74) is 0. The average Bonchev–Trinajstić information content (AvgIpc) is 2.97. The lowest BCUT2D eigenvalue weighted by molar-refractivity contribution is -0.149. The molecule has 2 heterocycles. The standard InChI is InChI=1S/C9H11N3O4S/c13-8(7-4-11-12-17-7)10-3-5-1-2-6(16-5)9(14)15/h4-6H,1-3H2,(H,10,13)(H,14,15). The first-order valence-corrected chi connectivity index (χ1v) is 5.88. The van der Waals surface area contributed by atoms with Crippen LogP contribution in [-0.4, -0.2) is 45.3 Å². The van der Waals surface area contributed by atoms with Gasteiger partial charge in [0.05, 0.1) is 12.3 Å². The van der Waals surface area contributed by atoms with Gasteiger partial charge in [-0.3, -0.25) is 4.79 Å². The smallest absolute Gasteiger partial charge is 0.332 e. The highest BCUT2D eigenvalue weighted by Gasteiger charge is 2.30. The van der Waals surface area contributed by atoms with E-state index in [2.05, 4.69) is 14.9 Å². The van der Waals surface area contributed by atoms with Crippen molar-refractivity contribution in [2.45, 2.75) is 25.0 Å². The van der Waals surface area contributed by atoms with Gasteiger partial charge in [0.15, 0.2) is 6.10 Å². The molecule has 7 nitrogen and oxygen atoms in total. The molecule has 2 rings (SSSR count). The number of rotatable bonds is 4. The van der Waals surface area contributed by atoms with Crippen LogP contribution in [0.2, 0.25) is 0 Å². The van der Waals surface area contributed by atoms with E-state index >= 15 is 0 Å². The van der Waals surface area contributed by atoms with Crippen molar-refractivity contribution in [3.05, 3.63) is 11.1 Å². The molecule has 1 aromatic heterocycles. The number of nitrogens with one attached hydrogen (secondary N) is 1. The molecule has 0 spiro atoms. The van der Waals surface area contributed by atoms with Crippen molar-refractivity contribution in [2.24, 2.45) is 0 Å². The second kappa shape index (κ2) is 5.19. The van der Waals surface area contributed by atoms with E-state index in [1.165, 1.54) is 6.20 Å². The largest absolute Gasteiger partial charge is 0.479 e. The average molecular weight is 257 g/mol. The molecule has 17 heavy (non-hydrogen) atoms. The van der Waals surface area contributed by atoms with Crippen molar-refractivity contribution in [3.8, 4) is 0 Å². The van der Waals surface area contributed by atoms with Crippen molar-refractivity contribution < 1.29 is 19.4 Å². The summed E-state index contributed by atoms with van der Waals surface area (Å²) in [6, 6.07) is 0. The fourth-order valence-corrected chi connectivity index (χ4v) is 2.03. The zero-order chi connectivity index (χ0) is 12.3. The zero-order valence-electron chi connectivity index (χ0n) is 8.83. The summed E-state index contributed by atoms with van der Waals surface area (Å²) >= 11 is 1.01. The van der Waals surface area contributed by atoms with Gasteiger partial charge in [0.1, 0.15) is 4.88 Å². The number of carbonyl (C=O) groups excluding carboxylic acids is 1. The molecule has 1 saturated heterocycles. The molecular formula is C9H11N3O4S. The summed E-state index contributed by atoms with van der Waals surface area (Å²) in [6.45, 7) is 0.306. The van der Waals surface area contributed by atoms with Crippen molar-refractivity contribution >= 4 is 23.4 Å². The molecule has 2 N–H and O–H groups in total. The van der Waals surface area contributed by atoms with Crippen LogP contribution in [0.1, 0.15) is 22.5 Å². The molecule has 1 fully saturated rings. The molecule has 1 aromatic rings. The predicted octanol–water partition coefficient (Wildman–Crippen LogP) is -0.0999. The molecule has 8 heteroatoms. The third-order valence-corrected chi connectivity index (χ3v) is 3.12. The van der Waals surface area contributed by atoms with Crippen LogP contribution in [0.15, 0.2) is 6.20 Å². The van der Waals surface area contributed by atoms with Gasteiger partial charge in [-0.1, -0.05) is 4.49 Å². The van der Waals surface area contributed by atoms with Crippen LogP contribution in [0, 0.1) is 0 Å². The maximum absolute atomic E-state index is 11.5. The monoisotopic (exact) mass is 257 g/mol. The van der Waals surface area contributed by atoms with Crippen molar-refractivity contribution in [1.82, 2.24) is 14.9 Å². The molecule has 1 aliphatic heterocycles. The number of aromatic nitrogens is 2. The Hall–Kier alpha value is -1.54. The number of ether oxygens (including phenoxy) is 1. The molecule has 92 valence electrons. The van der Waals surface area contributed by atoms with Gasteiger partial charge >= 0.3 is 5.97 Å². The summed E-state index contributed by atoms with van der Waals surface area (Å²) in [5.74, 6) is -1.21. The summed E-state index contributed by atoms with van der Waals surface area (Å²) in [4.78, 5) is 22.6. The van der Waals surface area contributed by atoms with Gasteiger partial charge in [-0.2, -0.15) is 0 Å². The number of amides is 1. The second-order valence-corrected chi connectivity index (χ2v) is 4.44. The Bertz CT molecular complexity index is 408. The SMILES string of the molecule is O=C(NCC1CCC(C(=O)O)O1)c1cnns1. The Kier molecular flexibility index (Phi) is 3.64. The second-order valence-electron chi connectivity index (χ2n) is 3.65. The van der Waals surface area contributed by atoms with Gasteiger partial charge < -0.3 is 15.2 Å². The summed E-state index contributed by atoms with van der Waals surface area (Å²) < 4.78 is 8.83. The van der Waals surface area contributed by atoms with E-state index in [0.717, 1.165) is 11.5 Å². The van der Waals surface area contributed by atoms with E-state index in [9.17, 15) is 9.59 Å².